The van der Waals surface area contributed by atoms with E-state index in [1.807, 2.05) is 6.07 Å². The van der Waals surface area contributed by atoms with Gasteiger partial charge in [0.05, 0.1) is 76.8 Å². The van der Waals surface area contributed by atoms with Crippen molar-refractivity contribution in [3.63, 3.8) is 0 Å². The SMILES string of the molecule is CCCCCCC(C)OCCN1CC[N+](CCOC(C)CCCCCC)(Cc2ccc(OC)c(OC)c2OC)CC1.O=C(O)CN(CC(=O)O)c1ccccc1OCCOc1ccccc1N(CC(=O)O)CC(=O)O. The minimum Gasteiger partial charge on any atom is -0.493 e. The van der Waals surface area contributed by atoms with E-state index in [9.17, 15) is 19.2 Å². The molecule has 0 bridgehead atoms. The number of carboxylic acids is 4. The molecule has 2 atom stereocenters. The van der Waals surface area contributed by atoms with E-state index in [4.69, 9.17) is 53.6 Å². The molecule has 1 saturated heterocycles. The number of ether oxygens (including phenoxy) is 7. The van der Waals surface area contributed by atoms with Crippen molar-refractivity contribution in [3.8, 4) is 28.7 Å². The third-order valence-corrected chi connectivity index (χ3v) is 13.1. The zero-order chi connectivity index (χ0) is 55.0. The predicted molar refractivity (Wildman–Crippen MR) is 288 cm³/mol. The molecular formula is C56H87N4O15+. The van der Waals surface area contributed by atoms with Gasteiger partial charge in [-0.25, -0.2) is 0 Å². The van der Waals surface area contributed by atoms with Gasteiger partial charge in [-0.2, -0.15) is 0 Å². The monoisotopic (exact) mass is 1060 g/mol. The Kier molecular flexibility index (Phi) is 29.8. The summed E-state index contributed by atoms with van der Waals surface area (Å²) in [5, 5.41) is 36.4. The number of benzene rings is 3. The summed E-state index contributed by atoms with van der Waals surface area (Å²) in [5.41, 5.74) is 1.72. The molecule has 75 heavy (non-hydrogen) atoms. The van der Waals surface area contributed by atoms with Gasteiger partial charge in [0.2, 0.25) is 5.75 Å². The maximum Gasteiger partial charge on any atom is 0.323 e. The third kappa shape index (κ3) is 23.6. The molecule has 1 heterocycles. The van der Waals surface area contributed by atoms with Gasteiger partial charge in [0.25, 0.3) is 0 Å². The third-order valence-electron chi connectivity index (χ3n) is 13.1. The molecule has 420 valence electrons. The van der Waals surface area contributed by atoms with E-state index in [0.29, 0.717) is 23.7 Å². The summed E-state index contributed by atoms with van der Waals surface area (Å²) in [6, 6.07) is 16.8. The van der Waals surface area contributed by atoms with Crippen molar-refractivity contribution in [1.82, 2.24) is 4.90 Å². The summed E-state index contributed by atoms with van der Waals surface area (Å²) in [4.78, 5) is 49.4. The highest BCUT2D eigenvalue weighted by atomic mass is 16.5. The Balaban J connectivity index is 0.000000402. The molecule has 0 radical (unpaired) electrons. The molecule has 4 rings (SSSR count). The Morgan fingerprint density at radius 2 is 1.01 bits per heavy atom. The highest BCUT2D eigenvalue weighted by Crippen LogP contribution is 2.41. The largest absolute Gasteiger partial charge is 0.493 e. The fourth-order valence-electron chi connectivity index (χ4n) is 9.07. The van der Waals surface area contributed by atoms with Crippen molar-refractivity contribution in [3.05, 3.63) is 66.2 Å². The molecule has 19 nitrogen and oxygen atoms in total. The number of piperazine rings is 1. The van der Waals surface area contributed by atoms with E-state index in [1.165, 1.54) is 69.9 Å². The maximum atomic E-state index is 11.1. The second-order valence-electron chi connectivity index (χ2n) is 19.0. The molecule has 3 aromatic carbocycles. The predicted octanol–water partition coefficient (Wildman–Crippen LogP) is 8.19. The first-order valence-electron chi connectivity index (χ1n) is 26.5. The number of carbonyl (C=O) groups is 4. The zero-order valence-electron chi connectivity index (χ0n) is 45.7. The van der Waals surface area contributed by atoms with Gasteiger partial charge in [0.15, 0.2) is 11.5 Å². The van der Waals surface area contributed by atoms with Crippen LogP contribution in [0.25, 0.3) is 0 Å². The van der Waals surface area contributed by atoms with Gasteiger partial charge in [0.1, 0.15) is 64.0 Å². The van der Waals surface area contributed by atoms with Crippen molar-refractivity contribution in [1.29, 1.82) is 0 Å². The molecule has 0 saturated carbocycles. The van der Waals surface area contributed by atoms with Crippen molar-refractivity contribution in [2.24, 2.45) is 0 Å². The molecule has 0 aromatic heterocycles. The topological polar surface area (TPSA) is 224 Å². The summed E-state index contributed by atoms with van der Waals surface area (Å²) in [6.07, 6.45) is 13.3. The minimum atomic E-state index is -1.21. The van der Waals surface area contributed by atoms with Crippen LogP contribution in [0.3, 0.4) is 0 Å². The molecular weight excluding hydrogens is 969 g/mol. The minimum absolute atomic E-state index is 0.0167. The highest BCUT2D eigenvalue weighted by molar-refractivity contribution is 5.82. The molecule has 2 unspecified atom stereocenters. The first-order valence-corrected chi connectivity index (χ1v) is 26.5. The molecule has 1 fully saturated rings. The van der Waals surface area contributed by atoms with Gasteiger partial charge in [-0.1, -0.05) is 89.5 Å². The lowest BCUT2D eigenvalue weighted by Gasteiger charge is -2.45. The summed E-state index contributed by atoms with van der Waals surface area (Å²) in [7, 11) is 5.07. The standard InChI is InChI=1S/C34H63N2O5.C22H24N2O10/c1-8-10-12-14-16-29(3)40-26-22-35-20-23-36(24-21-35,25-27-41-30(4)17-15-13-11-9-2)28-31-18-19-32(37-5)34(39-7)33(31)38-6;25-19(26)11-23(12-20(27)28)15-5-1-3-7-17(15)33-9-10-34-18-8-4-2-6-16(18)24(13-21(29)30)14-22(31)32/h18-19,29-30H,8-17,20-28H2,1-7H3;1-8H,9-14H2,(H,25,26)(H,27,28)(H,29,30)(H,31,32)/q+1;. The molecule has 1 aliphatic heterocycles. The Labute approximate surface area is 444 Å². The molecule has 0 amide bonds. The van der Waals surface area contributed by atoms with E-state index in [0.717, 1.165) is 91.0 Å². The second-order valence-corrected chi connectivity index (χ2v) is 19.0. The fourth-order valence-corrected chi connectivity index (χ4v) is 9.07. The van der Waals surface area contributed by atoms with E-state index < -0.39 is 50.1 Å². The van der Waals surface area contributed by atoms with Crippen molar-refractivity contribution >= 4 is 35.3 Å². The second kappa shape index (κ2) is 35.3. The lowest BCUT2D eigenvalue weighted by Crippen LogP contribution is -2.60. The van der Waals surface area contributed by atoms with Crippen LogP contribution in [-0.2, 0) is 35.2 Å². The Bertz CT molecular complexity index is 2020. The number of para-hydroxylation sites is 4. The summed E-state index contributed by atoms with van der Waals surface area (Å²) in [6.45, 7) is 15.6. The number of unbranched alkanes of at least 4 members (excludes halogenated alkanes) is 6. The lowest BCUT2D eigenvalue weighted by atomic mass is 10.1. The maximum absolute atomic E-state index is 11.1. The number of carboxylic acid groups (broad SMARTS) is 4. The first kappa shape index (κ1) is 63.3. The highest BCUT2D eigenvalue weighted by Gasteiger charge is 2.35. The number of anilines is 2. The van der Waals surface area contributed by atoms with Crippen LogP contribution in [0.2, 0.25) is 0 Å². The van der Waals surface area contributed by atoms with Gasteiger partial charge in [-0.3, -0.25) is 24.1 Å². The number of hydrogen-bond donors (Lipinski definition) is 4. The van der Waals surface area contributed by atoms with E-state index in [1.54, 1.807) is 57.7 Å². The average molecular weight is 1060 g/mol. The van der Waals surface area contributed by atoms with E-state index >= 15 is 0 Å². The smallest absolute Gasteiger partial charge is 0.323 e. The molecule has 3 aromatic rings. The number of quaternary nitrogens is 1. The Morgan fingerprint density at radius 1 is 0.560 bits per heavy atom. The normalized spacial score (nSPS) is 13.9. The summed E-state index contributed by atoms with van der Waals surface area (Å²) in [5.74, 6) is -2.18. The molecule has 4 N–H and O–H groups in total. The van der Waals surface area contributed by atoms with Gasteiger partial charge in [0, 0.05) is 19.6 Å². The number of aliphatic carboxylic acids is 4. The van der Waals surface area contributed by atoms with Crippen molar-refractivity contribution in [2.75, 3.05) is 123 Å². The van der Waals surface area contributed by atoms with Crippen LogP contribution in [0, 0.1) is 0 Å². The molecule has 19 heteroatoms. The number of nitrogens with zero attached hydrogens (tertiary/aromatic N) is 4. The van der Waals surface area contributed by atoms with Crippen LogP contribution in [0.4, 0.5) is 11.4 Å². The zero-order valence-corrected chi connectivity index (χ0v) is 45.7. The van der Waals surface area contributed by atoms with Crippen molar-refractivity contribution < 1.29 is 77.2 Å². The van der Waals surface area contributed by atoms with Crippen molar-refractivity contribution in [2.45, 2.75) is 111 Å². The van der Waals surface area contributed by atoms with Gasteiger partial charge < -0.3 is 67.9 Å². The van der Waals surface area contributed by atoms with Gasteiger partial charge in [-0.15, -0.1) is 0 Å². The van der Waals surface area contributed by atoms with Crippen LogP contribution < -0.4 is 33.5 Å². The Morgan fingerprint density at radius 3 is 1.44 bits per heavy atom. The van der Waals surface area contributed by atoms with E-state index in [-0.39, 0.29) is 36.1 Å². The van der Waals surface area contributed by atoms with Crippen LogP contribution in [-0.4, -0.2) is 179 Å². The molecule has 0 spiro atoms. The number of methoxy groups -OCH3 is 3. The molecule has 0 aliphatic carbocycles. The fraction of sp³-hybridized carbons (Fsp3) is 0.607. The van der Waals surface area contributed by atoms with Crippen LogP contribution in [0.15, 0.2) is 60.7 Å². The molecule has 1 aliphatic rings. The Hall–Kier alpha value is -6.02. The van der Waals surface area contributed by atoms with Crippen LogP contribution in [0.5, 0.6) is 28.7 Å². The lowest BCUT2D eigenvalue weighted by molar-refractivity contribution is -0.945. The number of hydrogen-bond acceptors (Lipinski definition) is 14. The van der Waals surface area contributed by atoms with E-state index in [2.05, 4.69) is 38.7 Å². The van der Waals surface area contributed by atoms with Gasteiger partial charge >= 0.3 is 23.9 Å². The van der Waals surface area contributed by atoms with Crippen LogP contribution >= 0.6 is 0 Å². The average Bonchev–Trinajstić information content (AvgIpc) is 3.37. The quantitative estimate of drug-likeness (QED) is 0.0314. The van der Waals surface area contributed by atoms with Crippen LogP contribution in [0.1, 0.15) is 97.5 Å². The summed E-state index contributed by atoms with van der Waals surface area (Å²) < 4.78 is 42.0. The number of rotatable bonds is 38. The first-order chi connectivity index (χ1) is 36.1. The summed E-state index contributed by atoms with van der Waals surface area (Å²) >= 11 is 0. The van der Waals surface area contributed by atoms with Gasteiger partial charge in [-0.05, 0) is 63.1 Å².